The molecule has 0 aromatic carbocycles. The van der Waals surface area contributed by atoms with Gasteiger partial charge in [-0.1, -0.05) is 6.92 Å². The van der Waals surface area contributed by atoms with Crippen molar-refractivity contribution < 1.29 is 19.5 Å². The summed E-state index contributed by atoms with van der Waals surface area (Å²) in [5, 5.41) is 13.8. The molecule has 20 heavy (non-hydrogen) atoms. The van der Waals surface area contributed by atoms with Crippen molar-refractivity contribution in [2.24, 2.45) is 5.92 Å². The molecule has 116 valence electrons. The van der Waals surface area contributed by atoms with Crippen molar-refractivity contribution in [3.05, 3.63) is 0 Å². The van der Waals surface area contributed by atoms with E-state index < -0.39 is 11.9 Å². The van der Waals surface area contributed by atoms with Gasteiger partial charge in [0.1, 0.15) is 0 Å². The second-order valence-electron chi connectivity index (χ2n) is 4.53. The fraction of sp³-hybridized carbons (Fsp3) is 0.769. The largest absolute Gasteiger partial charge is 0.481 e. The van der Waals surface area contributed by atoms with E-state index in [1.54, 1.807) is 11.8 Å². The summed E-state index contributed by atoms with van der Waals surface area (Å²) in [6.45, 7) is 7.29. The van der Waals surface area contributed by atoms with E-state index in [1.165, 1.54) is 0 Å². The first kappa shape index (κ1) is 18.2. The Hall–Kier alpha value is -1.79. The van der Waals surface area contributed by atoms with Gasteiger partial charge in [-0.05, 0) is 20.3 Å². The number of amides is 3. The van der Waals surface area contributed by atoms with Crippen LogP contribution in [0.15, 0.2) is 0 Å². The molecule has 0 aliphatic rings. The summed E-state index contributed by atoms with van der Waals surface area (Å²) >= 11 is 0. The third kappa shape index (κ3) is 7.60. The number of hydrogen-bond acceptors (Lipinski definition) is 3. The standard InChI is InChI=1S/C13H25N3O4/c1-4-16(5-2)11(17)7-9-15-13(20)14-8-6-10(3)12(18)19/h10H,4-9H2,1-3H3,(H,18,19)(H2,14,15,20). The zero-order chi connectivity index (χ0) is 15.5. The Labute approximate surface area is 119 Å². The molecule has 3 amide bonds. The summed E-state index contributed by atoms with van der Waals surface area (Å²) in [6.07, 6.45) is 0.641. The lowest BCUT2D eigenvalue weighted by molar-refractivity contribution is -0.141. The van der Waals surface area contributed by atoms with E-state index in [4.69, 9.17) is 5.11 Å². The molecule has 0 radical (unpaired) electrons. The molecule has 0 saturated carbocycles. The van der Waals surface area contributed by atoms with E-state index in [9.17, 15) is 14.4 Å². The van der Waals surface area contributed by atoms with Gasteiger partial charge in [-0.2, -0.15) is 0 Å². The quantitative estimate of drug-likeness (QED) is 0.580. The molecule has 7 nitrogen and oxygen atoms in total. The first-order chi connectivity index (χ1) is 9.42. The highest BCUT2D eigenvalue weighted by molar-refractivity contribution is 5.78. The van der Waals surface area contributed by atoms with Gasteiger partial charge in [0.2, 0.25) is 5.91 Å². The van der Waals surface area contributed by atoms with Crippen LogP contribution in [0.1, 0.15) is 33.6 Å². The maximum Gasteiger partial charge on any atom is 0.314 e. The lowest BCUT2D eigenvalue weighted by atomic mass is 10.1. The van der Waals surface area contributed by atoms with E-state index in [0.29, 0.717) is 26.1 Å². The Bertz CT molecular complexity index is 330. The van der Waals surface area contributed by atoms with E-state index in [2.05, 4.69) is 10.6 Å². The van der Waals surface area contributed by atoms with Crippen molar-refractivity contribution in [1.29, 1.82) is 0 Å². The fourth-order valence-corrected chi connectivity index (χ4v) is 1.61. The lowest BCUT2D eigenvalue weighted by Crippen LogP contribution is -2.39. The molecular weight excluding hydrogens is 262 g/mol. The van der Waals surface area contributed by atoms with Gasteiger partial charge in [-0.25, -0.2) is 4.79 Å². The molecule has 0 aliphatic carbocycles. The van der Waals surface area contributed by atoms with Crippen LogP contribution in [0.4, 0.5) is 4.79 Å². The normalized spacial score (nSPS) is 11.6. The van der Waals surface area contributed by atoms with Crippen molar-refractivity contribution in [2.45, 2.75) is 33.6 Å². The predicted octanol–water partition coefficient (Wildman–Crippen LogP) is 0.655. The second kappa shape index (κ2) is 10.1. The van der Waals surface area contributed by atoms with E-state index in [-0.39, 0.29) is 24.9 Å². The fourth-order valence-electron chi connectivity index (χ4n) is 1.61. The van der Waals surface area contributed by atoms with E-state index >= 15 is 0 Å². The van der Waals surface area contributed by atoms with Crippen LogP contribution < -0.4 is 10.6 Å². The van der Waals surface area contributed by atoms with Crippen LogP contribution in [0.2, 0.25) is 0 Å². The minimum absolute atomic E-state index is 0.00907. The van der Waals surface area contributed by atoms with Crippen LogP contribution in [0.25, 0.3) is 0 Å². The van der Waals surface area contributed by atoms with Crippen molar-refractivity contribution in [2.75, 3.05) is 26.2 Å². The zero-order valence-electron chi connectivity index (χ0n) is 12.4. The molecule has 0 aliphatic heterocycles. The number of nitrogens with zero attached hydrogens (tertiary/aromatic N) is 1. The average Bonchev–Trinajstić information content (AvgIpc) is 2.39. The lowest BCUT2D eigenvalue weighted by Gasteiger charge is -2.18. The number of aliphatic carboxylic acids is 1. The highest BCUT2D eigenvalue weighted by atomic mass is 16.4. The Kier molecular flexibility index (Phi) is 9.15. The van der Waals surface area contributed by atoms with Crippen molar-refractivity contribution in [3.8, 4) is 0 Å². The zero-order valence-corrected chi connectivity index (χ0v) is 12.4. The molecule has 0 saturated heterocycles. The SMILES string of the molecule is CCN(CC)C(=O)CCNC(=O)NCCC(C)C(=O)O. The molecule has 1 atom stereocenters. The highest BCUT2D eigenvalue weighted by Gasteiger charge is 2.11. The molecule has 0 fully saturated rings. The van der Waals surface area contributed by atoms with Crippen LogP contribution in [-0.2, 0) is 9.59 Å². The van der Waals surface area contributed by atoms with Crippen molar-refractivity contribution in [1.82, 2.24) is 15.5 Å². The molecule has 0 heterocycles. The molecular formula is C13H25N3O4. The Balaban J connectivity index is 3.73. The summed E-state index contributed by atoms with van der Waals surface area (Å²) in [5.41, 5.74) is 0. The van der Waals surface area contributed by atoms with Gasteiger partial charge in [0.05, 0.1) is 5.92 Å². The number of carbonyl (C=O) groups is 3. The van der Waals surface area contributed by atoms with Crippen LogP contribution in [0.3, 0.4) is 0 Å². The number of carboxylic acids is 1. The first-order valence-electron chi connectivity index (χ1n) is 6.94. The Morgan fingerprint density at radius 2 is 1.65 bits per heavy atom. The number of hydrogen-bond donors (Lipinski definition) is 3. The molecule has 1 unspecified atom stereocenters. The minimum Gasteiger partial charge on any atom is -0.481 e. The summed E-state index contributed by atoms with van der Waals surface area (Å²) in [6, 6.07) is -0.380. The molecule has 0 bridgehead atoms. The van der Waals surface area contributed by atoms with Crippen molar-refractivity contribution in [3.63, 3.8) is 0 Å². The third-order valence-corrected chi connectivity index (χ3v) is 3.03. The van der Waals surface area contributed by atoms with Gasteiger partial charge in [-0.15, -0.1) is 0 Å². The summed E-state index contributed by atoms with van der Waals surface area (Å²) in [4.78, 5) is 35.3. The van der Waals surface area contributed by atoms with Crippen molar-refractivity contribution >= 4 is 17.9 Å². The van der Waals surface area contributed by atoms with Gasteiger partial charge >= 0.3 is 12.0 Å². The van der Waals surface area contributed by atoms with E-state index in [1.807, 2.05) is 13.8 Å². The van der Waals surface area contributed by atoms with Gasteiger partial charge in [0.25, 0.3) is 0 Å². The molecule has 3 N–H and O–H groups in total. The monoisotopic (exact) mass is 287 g/mol. The number of nitrogens with one attached hydrogen (secondary N) is 2. The Morgan fingerprint density at radius 1 is 1.10 bits per heavy atom. The third-order valence-electron chi connectivity index (χ3n) is 3.03. The van der Waals surface area contributed by atoms with Gasteiger partial charge in [-0.3, -0.25) is 9.59 Å². The minimum atomic E-state index is -0.878. The second-order valence-corrected chi connectivity index (χ2v) is 4.53. The predicted molar refractivity (Wildman–Crippen MR) is 75.4 cm³/mol. The summed E-state index contributed by atoms with van der Waals surface area (Å²) in [5.74, 6) is -1.36. The van der Waals surface area contributed by atoms with Gasteiger partial charge in [0.15, 0.2) is 0 Å². The topological polar surface area (TPSA) is 98.7 Å². The van der Waals surface area contributed by atoms with Gasteiger partial charge in [0, 0.05) is 32.6 Å². The number of carboxylic acid groups (broad SMARTS) is 1. The molecule has 0 spiro atoms. The van der Waals surface area contributed by atoms with Crippen LogP contribution in [-0.4, -0.2) is 54.1 Å². The average molecular weight is 287 g/mol. The molecule has 7 heteroatoms. The first-order valence-corrected chi connectivity index (χ1v) is 6.94. The van der Waals surface area contributed by atoms with Crippen LogP contribution in [0, 0.1) is 5.92 Å². The summed E-state index contributed by atoms with van der Waals surface area (Å²) < 4.78 is 0. The maximum atomic E-state index is 11.7. The molecule has 0 aromatic heterocycles. The van der Waals surface area contributed by atoms with Gasteiger partial charge < -0.3 is 20.6 Å². The van der Waals surface area contributed by atoms with Crippen LogP contribution >= 0.6 is 0 Å². The number of urea groups is 1. The maximum absolute atomic E-state index is 11.7. The van der Waals surface area contributed by atoms with E-state index in [0.717, 1.165) is 0 Å². The number of rotatable bonds is 9. The molecule has 0 aromatic rings. The smallest absolute Gasteiger partial charge is 0.314 e. The molecule has 0 rings (SSSR count). The summed E-state index contributed by atoms with van der Waals surface area (Å²) in [7, 11) is 0. The van der Waals surface area contributed by atoms with Crippen LogP contribution in [0.5, 0.6) is 0 Å². The Morgan fingerprint density at radius 3 is 2.15 bits per heavy atom. The number of carbonyl (C=O) groups excluding carboxylic acids is 2. The highest BCUT2D eigenvalue weighted by Crippen LogP contribution is 1.99.